The molecular formula is C24H22N2O4S. The van der Waals surface area contributed by atoms with Crippen molar-refractivity contribution in [2.45, 2.75) is 13.5 Å². The summed E-state index contributed by atoms with van der Waals surface area (Å²) in [7, 11) is 1.63. The van der Waals surface area contributed by atoms with Crippen molar-refractivity contribution < 1.29 is 19.1 Å². The molecule has 0 saturated heterocycles. The summed E-state index contributed by atoms with van der Waals surface area (Å²) in [6.45, 7) is 3.10. The number of rotatable bonds is 6. The molecule has 158 valence electrons. The van der Waals surface area contributed by atoms with Gasteiger partial charge in [-0.2, -0.15) is 4.99 Å². The molecule has 0 radical (unpaired) electrons. The first-order valence-corrected chi connectivity index (χ1v) is 10.8. The lowest BCUT2D eigenvalue weighted by molar-refractivity contribution is 0.0526. The average molecular weight is 435 g/mol. The van der Waals surface area contributed by atoms with E-state index in [2.05, 4.69) is 4.99 Å². The van der Waals surface area contributed by atoms with Crippen LogP contribution >= 0.6 is 11.3 Å². The van der Waals surface area contributed by atoms with Crippen molar-refractivity contribution >= 4 is 44.2 Å². The van der Waals surface area contributed by atoms with E-state index in [9.17, 15) is 9.59 Å². The lowest BCUT2D eigenvalue weighted by Crippen LogP contribution is -2.19. The lowest BCUT2D eigenvalue weighted by Gasteiger charge is -2.05. The fourth-order valence-corrected chi connectivity index (χ4v) is 4.47. The predicted octanol–water partition coefficient (Wildman–Crippen LogP) is 4.42. The van der Waals surface area contributed by atoms with Crippen LogP contribution in [0.3, 0.4) is 0 Å². The number of methoxy groups -OCH3 is 1. The zero-order valence-corrected chi connectivity index (χ0v) is 18.1. The quantitative estimate of drug-likeness (QED) is 0.421. The highest BCUT2D eigenvalue weighted by atomic mass is 32.1. The van der Waals surface area contributed by atoms with Gasteiger partial charge in [-0.3, -0.25) is 4.79 Å². The third kappa shape index (κ3) is 4.42. The highest BCUT2D eigenvalue weighted by Gasteiger charge is 2.13. The van der Waals surface area contributed by atoms with Crippen LogP contribution in [0.4, 0.5) is 0 Å². The normalized spacial score (nSPS) is 11.9. The third-order valence-corrected chi connectivity index (χ3v) is 5.95. The molecule has 4 aromatic rings. The van der Waals surface area contributed by atoms with E-state index in [0.29, 0.717) is 35.7 Å². The number of esters is 1. The van der Waals surface area contributed by atoms with Gasteiger partial charge in [0.1, 0.15) is 0 Å². The first-order chi connectivity index (χ1) is 15.1. The van der Waals surface area contributed by atoms with Crippen LogP contribution in [0.15, 0.2) is 65.7 Å². The maximum absolute atomic E-state index is 12.9. The van der Waals surface area contributed by atoms with Gasteiger partial charge >= 0.3 is 5.97 Å². The highest BCUT2D eigenvalue weighted by Crippen LogP contribution is 2.21. The van der Waals surface area contributed by atoms with Gasteiger partial charge in [0.15, 0.2) is 4.80 Å². The second-order valence-corrected chi connectivity index (χ2v) is 7.92. The Kier molecular flexibility index (Phi) is 6.25. The third-order valence-electron chi connectivity index (χ3n) is 4.91. The van der Waals surface area contributed by atoms with Gasteiger partial charge in [-0.25, -0.2) is 4.79 Å². The summed E-state index contributed by atoms with van der Waals surface area (Å²) in [5, 5.41) is 2.06. The Hall–Kier alpha value is -3.29. The van der Waals surface area contributed by atoms with Gasteiger partial charge in [-0.15, -0.1) is 0 Å². The number of thiazole rings is 1. The van der Waals surface area contributed by atoms with Gasteiger partial charge in [0.25, 0.3) is 5.91 Å². The molecule has 0 aliphatic carbocycles. The number of fused-ring (bicyclic) bond motifs is 2. The smallest absolute Gasteiger partial charge is 0.338 e. The fraction of sp³-hybridized carbons (Fsp3) is 0.208. The number of hydrogen-bond acceptors (Lipinski definition) is 5. The fourth-order valence-electron chi connectivity index (χ4n) is 3.37. The van der Waals surface area contributed by atoms with E-state index in [4.69, 9.17) is 9.47 Å². The van der Waals surface area contributed by atoms with E-state index >= 15 is 0 Å². The molecule has 0 spiro atoms. The summed E-state index contributed by atoms with van der Waals surface area (Å²) >= 11 is 1.36. The SMILES string of the molecule is CCOC(=O)c1ccc2c(c1)sc(=NC(=O)c1ccc3ccccc3c1)n2CCOC. The Morgan fingerprint density at radius 2 is 1.77 bits per heavy atom. The minimum Gasteiger partial charge on any atom is -0.462 e. The molecule has 6 nitrogen and oxygen atoms in total. The van der Waals surface area contributed by atoms with Crippen molar-refractivity contribution in [3.05, 3.63) is 76.6 Å². The number of amides is 1. The van der Waals surface area contributed by atoms with Gasteiger partial charge in [0, 0.05) is 19.2 Å². The Balaban J connectivity index is 1.78. The molecule has 1 amide bonds. The van der Waals surface area contributed by atoms with E-state index in [1.54, 1.807) is 32.2 Å². The topological polar surface area (TPSA) is 69.9 Å². The van der Waals surface area contributed by atoms with Crippen LogP contribution in [0.2, 0.25) is 0 Å². The molecule has 0 saturated carbocycles. The first-order valence-electron chi connectivity index (χ1n) is 9.98. The molecule has 0 bridgehead atoms. The van der Waals surface area contributed by atoms with Gasteiger partial charge in [-0.05, 0) is 48.0 Å². The minimum absolute atomic E-state index is 0.311. The number of benzene rings is 3. The molecule has 0 atom stereocenters. The summed E-state index contributed by atoms with van der Waals surface area (Å²) in [5.41, 5.74) is 1.89. The second kappa shape index (κ2) is 9.24. The molecule has 0 fully saturated rings. The van der Waals surface area contributed by atoms with Crippen LogP contribution in [-0.4, -0.2) is 36.8 Å². The molecule has 1 heterocycles. The largest absolute Gasteiger partial charge is 0.462 e. The molecule has 31 heavy (non-hydrogen) atoms. The van der Waals surface area contributed by atoms with Gasteiger partial charge < -0.3 is 14.0 Å². The zero-order chi connectivity index (χ0) is 21.8. The summed E-state index contributed by atoms with van der Waals surface area (Å²) in [6, 6.07) is 18.8. The zero-order valence-electron chi connectivity index (χ0n) is 17.3. The molecule has 0 unspecified atom stereocenters. The molecule has 1 aromatic heterocycles. The molecule has 0 aliphatic heterocycles. The van der Waals surface area contributed by atoms with E-state index in [1.165, 1.54) is 11.3 Å². The van der Waals surface area contributed by atoms with Crippen molar-refractivity contribution in [1.82, 2.24) is 4.57 Å². The van der Waals surface area contributed by atoms with E-state index in [1.807, 2.05) is 47.0 Å². The summed E-state index contributed by atoms with van der Waals surface area (Å²) in [6.07, 6.45) is 0. The van der Waals surface area contributed by atoms with Crippen molar-refractivity contribution in [1.29, 1.82) is 0 Å². The second-order valence-electron chi connectivity index (χ2n) is 6.91. The van der Waals surface area contributed by atoms with Gasteiger partial charge in [-0.1, -0.05) is 41.7 Å². The number of aromatic nitrogens is 1. The summed E-state index contributed by atoms with van der Waals surface area (Å²) in [4.78, 5) is 30.0. The van der Waals surface area contributed by atoms with Crippen LogP contribution in [0.1, 0.15) is 27.6 Å². The minimum atomic E-state index is -0.369. The standard InChI is InChI=1S/C24H22N2O4S/c1-3-30-23(28)19-10-11-20-21(15-19)31-24(26(20)12-13-29-2)25-22(27)18-9-8-16-6-4-5-7-17(16)14-18/h4-11,14-15H,3,12-13H2,1-2H3. The van der Waals surface area contributed by atoms with Crippen molar-refractivity contribution in [3.63, 3.8) is 0 Å². The molecule has 0 N–H and O–H groups in total. The molecular weight excluding hydrogens is 412 g/mol. The van der Waals surface area contributed by atoms with Gasteiger partial charge in [0.2, 0.25) is 0 Å². The van der Waals surface area contributed by atoms with Crippen LogP contribution < -0.4 is 4.80 Å². The number of ether oxygens (including phenoxy) is 2. The van der Waals surface area contributed by atoms with E-state index < -0.39 is 0 Å². The Bertz CT molecular complexity index is 1340. The average Bonchev–Trinajstić information content (AvgIpc) is 3.13. The Morgan fingerprint density at radius 3 is 2.55 bits per heavy atom. The Labute approximate surface area is 183 Å². The van der Waals surface area contributed by atoms with Crippen molar-refractivity contribution in [2.75, 3.05) is 20.3 Å². The maximum atomic E-state index is 12.9. The summed E-state index contributed by atoms with van der Waals surface area (Å²) in [5.74, 6) is -0.680. The molecule has 3 aromatic carbocycles. The van der Waals surface area contributed by atoms with Crippen molar-refractivity contribution in [3.8, 4) is 0 Å². The van der Waals surface area contributed by atoms with Gasteiger partial charge in [0.05, 0.1) is 29.0 Å². The molecule has 7 heteroatoms. The van der Waals surface area contributed by atoms with Crippen LogP contribution in [0.25, 0.3) is 21.0 Å². The Morgan fingerprint density at radius 1 is 1.00 bits per heavy atom. The number of hydrogen-bond donors (Lipinski definition) is 0. The monoisotopic (exact) mass is 434 g/mol. The van der Waals surface area contributed by atoms with Crippen LogP contribution in [0, 0.1) is 0 Å². The van der Waals surface area contributed by atoms with Crippen LogP contribution in [-0.2, 0) is 16.0 Å². The van der Waals surface area contributed by atoms with E-state index in [-0.39, 0.29) is 11.9 Å². The number of carbonyl (C=O) groups is 2. The summed E-state index contributed by atoms with van der Waals surface area (Å²) < 4.78 is 13.1. The molecule has 4 rings (SSSR count). The predicted molar refractivity (Wildman–Crippen MR) is 121 cm³/mol. The molecule has 0 aliphatic rings. The van der Waals surface area contributed by atoms with Crippen LogP contribution in [0.5, 0.6) is 0 Å². The lowest BCUT2D eigenvalue weighted by atomic mass is 10.1. The first kappa shape index (κ1) is 21.0. The maximum Gasteiger partial charge on any atom is 0.338 e. The number of nitrogens with zero attached hydrogens (tertiary/aromatic N) is 2. The van der Waals surface area contributed by atoms with E-state index in [0.717, 1.165) is 21.0 Å². The number of carbonyl (C=O) groups excluding carboxylic acids is 2. The van der Waals surface area contributed by atoms with Crippen molar-refractivity contribution in [2.24, 2.45) is 4.99 Å². The highest BCUT2D eigenvalue weighted by molar-refractivity contribution is 7.16.